The Morgan fingerprint density at radius 1 is 1.38 bits per heavy atom. The van der Waals surface area contributed by atoms with Crippen LogP contribution >= 0.6 is 0 Å². The van der Waals surface area contributed by atoms with Gasteiger partial charge in [0.2, 0.25) is 0 Å². The molecular weight excluding hydrogens is 288 g/mol. The van der Waals surface area contributed by atoms with Crippen molar-refractivity contribution in [3.8, 4) is 11.8 Å². The molecule has 1 amide bonds. The van der Waals surface area contributed by atoms with Crippen molar-refractivity contribution in [3.05, 3.63) is 35.1 Å². The van der Waals surface area contributed by atoms with Crippen molar-refractivity contribution in [2.24, 2.45) is 5.73 Å². The zero-order chi connectivity index (χ0) is 15.7. The van der Waals surface area contributed by atoms with Crippen molar-refractivity contribution < 1.29 is 22.4 Å². The maximum Gasteiger partial charge on any atom is 0.411 e. The van der Waals surface area contributed by atoms with Gasteiger partial charge < -0.3 is 11.1 Å². The minimum Gasteiger partial charge on any atom is -0.338 e. The molecule has 1 aromatic carbocycles. The topological polar surface area (TPSA) is 55.1 Å². The Labute approximate surface area is 118 Å². The Morgan fingerprint density at radius 3 is 2.57 bits per heavy atom. The fourth-order valence-corrected chi connectivity index (χ4v) is 1.85. The van der Waals surface area contributed by atoms with Crippen molar-refractivity contribution in [3.63, 3.8) is 0 Å². The van der Waals surface area contributed by atoms with Crippen LogP contribution in [0.25, 0.3) is 0 Å². The maximum absolute atomic E-state index is 13.2. The summed E-state index contributed by atoms with van der Waals surface area (Å²) in [7, 11) is 0. The molecule has 3 N–H and O–H groups in total. The summed E-state index contributed by atoms with van der Waals surface area (Å²) in [5, 5.41) is 1.97. The van der Waals surface area contributed by atoms with Gasteiger partial charge in [0.15, 0.2) is 0 Å². The van der Waals surface area contributed by atoms with Gasteiger partial charge in [-0.3, -0.25) is 4.79 Å². The summed E-state index contributed by atoms with van der Waals surface area (Å²) in [6.45, 7) is -0.00986. The van der Waals surface area contributed by atoms with E-state index in [1.807, 2.05) is 5.32 Å². The molecule has 21 heavy (non-hydrogen) atoms. The molecule has 1 saturated carbocycles. The molecule has 0 aliphatic heterocycles. The van der Waals surface area contributed by atoms with E-state index in [2.05, 4.69) is 11.8 Å². The van der Waals surface area contributed by atoms with Gasteiger partial charge in [0, 0.05) is 5.56 Å². The second-order valence-electron chi connectivity index (χ2n) is 4.73. The molecule has 0 saturated heterocycles. The van der Waals surface area contributed by atoms with Gasteiger partial charge >= 0.3 is 6.18 Å². The van der Waals surface area contributed by atoms with E-state index >= 15 is 0 Å². The van der Waals surface area contributed by atoms with E-state index in [0.717, 1.165) is 18.2 Å². The standard InChI is InChI=1S/C14H12F4N2O/c15-10-3-4-11(9(8-10)2-1-7-19)12(21)20-13(5-6-13)14(16,17)18/h3-4,8H,5-7,19H2,(H,20,21). The van der Waals surface area contributed by atoms with Crippen LogP contribution in [0.2, 0.25) is 0 Å². The number of nitrogens with one attached hydrogen (secondary N) is 1. The van der Waals surface area contributed by atoms with Gasteiger partial charge in [-0.1, -0.05) is 11.8 Å². The first-order chi connectivity index (χ1) is 9.79. The van der Waals surface area contributed by atoms with Crippen LogP contribution in [-0.4, -0.2) is 24.2 Å². The van der Waals surface area contributed by atoms with Crippen LogP contribution in [0.15, 0.2) is 18.2 Å². The number of benzene rings is 1. The molecule has 7 heteroatoms. The minimum absolute atomic E-state index is 0.00986. The van der Waals surface area contributed by atoms with Crippen molar-refractivity contribution >= 4 is 5.91 Å². The lowest BCUT2D eigenvalue weighted by Gasteiger charge is -2.21. The first-order valence-corrected chi connectivity index (χ1v) is 6.17. The van der Waals surface area contributed by atoms with Crippen LogP contribution in [0, 0.1) is 17.7 Å². The highest BCUT2D eigenvalue weighted by Gasteiger charge is 2.64. The van der Waals surface area contributed by atoms with Gasteiger partial charge in [-0.2, -0.15) is 13.2 Å². The zero-order valence-corrected chi connectivity index (χ0v) is 10.9. The molecule has 0 bridgehead atoms. The summed E-state index contributed by atoms with van der Waals surface area (Å²) < 4.78 is 51.6. The third-order valence-electron chi connectivity index (χ3n) is 3.20. The molecule has 2 rings (SSSR count). The summed E-state index contributed by atoms with van der Waals surface area (Å²) in [4.78, 5) is 12.0. The monoisotopic (exact) mass is 300 g/mol. The number of hydrogen-bond acceptors (Lipinski definition) is 2. The molecule has 0 aromatic heterocycles. The minimum atomic E-state index is -4.51. The van der Waals surface area contributed by atoms with Gasteiger partial charge in [-0.25, -0.2) is 4.39 Å². The Hall–Kier alpha value is -2.07. The quantitative estimate of drug-likeness (QED) is 0.648. The summed E-state index contributed by atoms with van der Waals surface area (Å²) in [6, 6.07) is 3.10. The van der Waals surface area contributed by atoms with Crippen molar-refractivity contribution in [2.75, 3.05) is 6.54 Å². The third kappa shape index (κ3) is 3.16. The molecule has 0 radical (unpaired) electrons. The highest BCUT2D eigenvalue weighted by atomic mass is 19.4. The average molecular weight is 300 g/mol. The lowest BCUT2D eigenvalue weighted by Crippen LogP contribution is -2.48. The van der Waals surface area contributed by atoms with E-state index in [-0.39, 0.29) is 30.5 Å². The predicted molar refractivity (Wildman–Crippen MR) is 67.8 cm³/mol. The van der Waals surface area contributed by atoms with Crippen LogP contribution in [0.5, 0.6) is 0 Å². The number of hydrogen-bond donors (Lipinski definition) is 2. The van der Waals surface area contributed by atoms with Gasteiger partial charge in [0.05, 0.1) is 12.1 Å². The van der Waals surface area contributed by atoms with Crippen LogP contribution in [0.3, 0.4) is 0 Å². The summed E-state index contributed by atoms with van der Waals surface area (Å²) in [5.74, 6) is 3.37. The van der Waals surface area contributed by atoms with E-state index < -0.39 is 23.4 Å². The highest BCUT2D eigenvalue weighted by molar-refractivity contribution is 5.97. The summed E-state index contributed by atoms with van der Waals surface area (Å²) >= 11 is 0. The van der Waals surface area contributed by atoms with E-state index in [9.17, 15) is 22.4 Å². The van der Waals surface area contributed by atoms with Crippen LogP contribution in [0.1, 0.15) is 28.8 Å². The van der Waals surface area contributed by atoms with Crippen LogP contribution < -0.4 is 11.1 Å². The van der Waals surface area contributed by atoms with Crippen molar-refractivity contribution in [2.45, 2.75) is 24.6 Å². The fraction of sp³-hybridized carbons (Fsp3) is 0.357. The molecule has 0 unspecified atom stereocenters. The number of carbonyl (C=O) groups excluding carboxylic acids is 1. The Morgan fingerprint density at radius 2 is 2.05 bits per heavy atom. The largest absolute Gasteiger partial charge is 0.411 e. The molecule has 0 atom stereocenters. The molecular formula is C14H12F4N2O. The Bertz CT molecular complexity index is 624. The maximum atomic E-state index is 13.2. The van der Waals surface area contributed by atoms with Gasteiger partial charge in [-0.05, 0) is 31.0 Å². The molecule has 0 heterocycles. The molecule has 1 fully saturated rings. The second kappa shape index (κ2) is 5.37. The number of carbonyl (C=O) groups is 1. The lowest BCUT2D eigenvalue weighted by molar-refractivity contribution is -0.163. The summed E-state index contributed by atoms with van der Waals surface area (Å²) in [6.07, 6.45) is -4.83. The van der Waals surface area contributed by atoms with Gasteiger partial charge in [-0.15, -0.1) is 0 Å². The number of nitrogens with two attached hydrogens (primary N) is 1. The normalized spacial score (nSPS) is 15.9. The third-order valence-corrected chi connectivity index (χ3v) is 3.20. The van der Waals surface area contributed by atoms with E-state index in [4.69, 9.17) is 5.73 Å². The molecule has 1 aliphatic rings. The van der Waals surface area contributed by atoms with Gasteiger partial charge in [0.25, 0.3) is 5.91 Å². The van der Waals surface area contributed by atoms with Crippen molar-refractivity contribution in [1.82, 2.24) is 5.32 Å². The predicted octanol–water partition coefficient (Wildman–Crippen LogP) is 1.96. The number of rotatable bonds is 2. The van der Waals surface area contributed by atoms with E-state index in [1.165, 1.54) is 0 Å². The highest BCUT2D eigenvalue weighted by Crippen LogP contribution is 2.49. The SMILES string of the molecule is NCC#Cc1cc(F)ccc1C(=O)NC1(C(F)(F)F)CC1. The number of amides is 1. The molecule has 0 spiro atoms. The molecule has 1 aromatic rings. The average Bonchev–Trinajstić information content (AvgIpc) is 3.16. The smallest absolute Gasteiger partial charge is 0.338 e. The first kappa shape index (κ1) is 15.3. The Balaban J connectivity index is 2.28. The van der Waals surface area contributed by atoms with Crippen LogP contribution in [0.4, 0.5) is 17.6 Å². The molecule has 112 valence electrons. The van der Waals surface area contributed by atoms with Crippen molar-refractivity contribution in [1.29, 1.82) is 0 Å². The Kier molecular flexibility index (Phi) is 3.92. The van der Waals surface area contributed by atoms with E-state index in [1.54, 1.807) is 0 Å². The van der Waals surface area contributed by atoms with Gasteiger partial charge in [0.1, 0.15) is 11.4 Å². The fourth-order valence-electron chi connectivity index (χ4n) is 1.85. The van der Waals surface area contributed by atoms with Crippen LogP contribution in [-0.2, 0) is 0 Å². The second-order valence-corrected chi connectivity index (χ2v) is 4.73. The molecule has 3 nitrogen and oxygen atoms in total. The lowest BCUT2D eigenvalue weighted by atomic mass is 10.1. The number of alkyl halides is 3. The number of halogens is 4. The molecule has 1 aliphatic carbocycles. The first-order valence-electron chi connectivity index (χ1n) is 6.17. The summed E-state index contributed by atoms with van der Waals surface area (Å²) in [5.41, 5.74) is 2.93. The zero-order valence-electron chi connectivity index (χ0n) is 10.9. The van der Waals surface area contributed by atoms with E-state index in [0.29, 0.717) is 0 Å².